The van der Waals surface area contributed by atoms with E-state index in [0.717, 1.165) is 27.7 Å². The molecule has 3 rings (SSSR count). The lowest BCUT2D eigenvalue weighted by Gasteiger charge is -2.38. The Morgan fingerprint density at radius 1 is 1.24 bits per heavy atom. The van der Waals surface area contributed by atoms with Crippen LogP contribution in [0.2, 0.25) is 0 Å². The Balaban J connectivity index is 2.09. The lowest BCUT2D eigenvalue weighted by molar-refractivity contribution is 0.0559. The zero-order valence-corrected chi connectivity index (χ0v) is 16.1. The minimum absolute atomic E-state index is 0.267. The summed E-state index contributed by atoms with van der Waals surface area (Å²) in [5.74, 6) is -0.306. The first-order chi connectivity index (χ1) is 11.8. The predicted octanol–water partition coefficient (Wildman–Crippen LogP) is 6.02. The molecule has 0 aromatic heterocycles. The van der Waals surface area contributed by atoms with Gasteiger partial charge in [-0.2, -0.15) is 0 Å². The summed E-state index contributed by atoms with van der Waals surface area (Å²) in [6.07, 6.45) is 1.11. The number of rotatable bonds is 1. The Bertz CT molecular complexity index is 801. The molecule has 0 bridgehead atoms. The SMILES string of the molecule is CC(C)(C)OC(=O)N1c2c(Br)cccc2CCC1c1cccc(F)c1. The Morgan fingerprint density at radius 3 is 2.64 bits per heavy atom. The number of anilines is 1. The predicted molar refractivity (Wildman–Crippen MR) is 100 cm³/mol. The number of aryl methyl sites for hydroxylation is 1. The second-order valence-electron chi connectivity index (χ2n) is 7.21. The molecule has 5 heteroatoms. The Kier molecular flexibility index (Phi) is 4.87. The van der Waals surface area contributed by atoms with Gasteiger partial charge in [0.1, 0.15) is 11.4 Å². The van der Waals surface area contributed by atoms with Gasteiger partial charge in [-0.1, -0.05) is 24.3 Å². The minimum Gasteiger partial charge on any atom is -0.443 e. The summed E-state index contributed by atoms with van der Waals surface area (Å²) in [4.78, 5) is 14.6. The van der Waals surface area contributed by atoms with Crippen LogP contribution < -0.4 is 4.90 Å². The quantitative estimate of drug-likeness (QED) is 0.580. The summed E-state index contributed by atoms with van der Waals surface area (Å²) in [6.45, 7) is 5.52. The Hall–Kier alpha value is -1.88. The van der Waals surface area contributed by atoms with E-state index in [-0.39, 0.29) is 11.9 Å². The van der Waals surface area contributed by atoms with Crippen molar-refractivity contribution < 1.29 is 13.9 Å². The molecule has 1 aliphatic heterocycles. The van der Waals surface area contributed by atoms with Crippen molar-refractivity contribution >= 4 is 27.7 Å². The summed E-state index contributed by atoms with van der Waals surface area (Å²) in [5, 5.41) is 0. The Labute approximate surface area is 155 Å². The number of hydrogen-bond donors (Lipinski definition) is 0. The number of para-hydroxylation sites is 1. The number of carbonyl (C=O) groups excluding carboxylic acids is 1. The molecule has 3 nitrogen and oxygen atoms in total. The zero-order chi connectivity index (χ0) is 18.2. The number of hydrogen-bond acceptors (Lipinski definition) is 2. The molecular weight excluding hydrogens is 385 g/mol. The maximum atomic E-state index is 13.8. The van der Waals surface area contributed by atoms with Gasteiger partial charge in [0.05, 0.1) is 11.7 Å². The van der Waals surface area contributed by atoms with Crippen LogP contribution in [0.5, 0.6) is 0 Å². The molecule has 1 aliphatic rings. The highest BCUT2D eigenvalue weighted by Gasteiger charge is 2.36. The number of carbonyl (C=O) groups is 1. The number of nitrogens with zero attached hydrogens (tertiary/aromatic N) is 1. The second kappa shape index (κ2) is 6.79. The smallest absolute Gasteiger partial charge is 0.415 e. The fourth-order valence-corrected chi connectivity index (χ4v) is 3.77. The normalized spacial score (nSPS) is 17.2. The molecule has 25 heavy (non-hydrogen) atoms. The van der Waals surface area contributed by atoms with Crippen molar-refractivity contribution in [2.24, 2.45) is 0 Å². The molecule has 2 aromatic carbocycles. The van der Waals surface area contributed by atoms with Gasteiger partial charge in [-0.05, 0) is 78.9 Å². The van der Waals surface area contributed by atoms with Gasteiger partial charge in [-0.25, -0.2) is 9.18 Å². The van der Waals surface area contributed by atoms with E-state index >= 15 is 0 Å². The van der Waals surface area contributed by atoms with Crippen LogP contribution >= 0.6 is 15.9 Å². The van der Waals surface area contributed by atoms with E-state index in [4.69, 9.17) is 4.74 Å². The molecule has 0 N–H and O–H groups in total. The van der Waals surface area contributed by atoms with E-state index in [2.05, 4.69) is 15.9 Å². The van der Waals surface area contributed by atoms with Gasteiger partial charge in [0.15, 0.2) is 0 Å². The van der Waals surface area contributed by atoms with E-state index in [9.17, 15) is 9.18 Å². The van der Waals surface area contributed by atoms with Crippen LogP contribution in [0.15, 0.2) is 46.9 Å². The zero-order valence-electron chi connectivity index (χ0n) is 14.6. The molecule has 132 valence electrons. The first-order valence-corrected chi connectivity index (χ1v) is 9.10. The van der Waals surface area contributed by atoms with Gasteiger partial charge in [0.25, 0.3) is 0 Å². The van der Waals surface area contributed by atoms with Crippen LogP contribution in [-0.2, 0) is 11.2 Å². The number of halogens is 2. The number of fused-ring (bicyclic) bond motifs is 1. The van der Waals surface area contributed by atoms with E-state index < -0.39 is 11.7 Å². The molecule has 0 spiro atoms. The largest absolute Gasteiger partial charge is 0.443 e. The first-order valence-electron chi connectivity index (χ1n) is 8.31. The van der Waals surface area contributed by atoms with Gasteiger partial charge in [0.2, 0.25) is 0 Å². The highest BCUT2D eigenvalue weighted by Crippen LogP contribution is 2.43. The number of ether oxygens (including phenoxy) is 1. The molecule has 1 heterocycles. The molecule has 0 saturated heterocycles. The third-order valence-corrected chi connectivity index (χ3v) is 4.77. The summed E-state index contributed by atoms with van der Waals surface area (Å²) in [6, 6.07) is 12.0. The van der Waals surface area contributed by atoms with Gasteiger partial charge < -0.3 is 4.74 Å². The van der Waals surface area contributed by atoms with E-state index in [1.165, 1.54) is 12.1 Å². The van der Waals surface area contributed by atoms with Crippen molar-refractivity contribution in [1.29, 1.82) is 0 Å². The van der Waals surface area contributed by atoms with Crippen LogP contribution in [0.25, 0.3) is 0 Å². The van der Waals surface area contributed by atoms with E-state index in [1.807, 2.05) is 45.0 Å². The minimum atomic E-state index is -0.609. The van der Waals surface area contributed by atoms with Gasteiger partial charge >= 0.3 is 6.09 Å². The molecule has 0 aliphatic carbocycles. The fraction of sp³-hybridized carbons (Fsp3) is 0.350. The van der Waals surface area contributed by atoms with Crippen molar-refractivity contribution in [2.75, 3.05) is 4.90 Å². The molecule has 1 amide bonds. The highest BCUT2D eigenvalue weighted by atomic mass is 79.9. The van der Waals surface area contributed by atoms with Crippen LogP contribution in [0.3, 0.4) is 0 Å². The molecule has 0 saturated carbocycles. The van der Waals surface area contributed by atoms with Crippen LogP contribution in [0, 0.1) is 5.82 Å². The van der Waals surface area contributed by atoms with Crippen LogP contribution in [-0.4, -0.2) is 11.7 Å². The van der Waals surface area contributed by atoms with Gasteiger partial charge in [-0.15, -0.1) is 0 Å². The van der Waals surface area contributed by atoms with Crippen molar-refractivity contribution in [3.63, 3.8) is 0 Å². The average molecular weight is 406 g/mol. The third kappa shape index (κ3) is 3.87. The number of benzene rings is 2. The monoisotopic (exact) mass is 405 g/mol. The summed E-state index contributed by atoms with van der Waals surface area (Å²) in [5.41, 5.74) is 2.04. The maximum Gasteiger partial charge on any atom is 0.415 e. The lowest BCUT2D eigenvalue weighted by Crippen LogP contribution is -2.42. The van der Waals surface area contributed by atoms with Crippen LogP contribution in [0.4, 0.5) is 14.9 Å². The van der Waals surface area contributed by atoms with Gasteiger partial charge in [-0.3, -0.25) is 4.90 Å². The molecular formula is C20H21BrFNO2. The van der Waals surface area contributed by atoms with Crippen molar-refractivity contribution in [3.8, 4) is 0 Å². The molecule has 2 aromatic rings. The summed E-state index contributed by atoms with van der Waals surface area (Å²) < 4.78 is 20.2. The van der Waals surface area contributed by atoms with Crippen molar-refractivity contribution in [3.05, 3.63) is 63.9 Å². The standard InChI is InChI=1S/C20H21BrFNO2/c1-20(2,3)25-19(24)23-17(14-7-4-8-15(22)12-14)11-10-13-6-5-9-16(21)18(13)23/h4-9,12,17H,10-11H2,1-3H3. The average Bonchev–Trinajstić information content (AvgIpc) is 2.52. The molecule has 0 fully saturated rings. The summed E-state index contributed by atoms with van der Waals surface area (Å²) >= 11 is 3.56. The fourth-order valence-electron chi connectivity index (χ4n) is 3.17. The second-order valence-corrected chi connectivity index (χ2v) is 8.06. The van der Waals surface area contributed by atoms with E-state index in [1.54, 1.807) is 11.0 Å². The van der Waals surface area contributed by atoms with Crippen LogP contribution in [0.1, 0.15) is 44.4 Å². The molecule has 0 radical (unpaired) electrons. The topological polar surface area (TPSA) is 29.5 Å². The molecule has 1 unspecified atom stereocenters. The third-order valence-electron chi connectivity index (χ3n) is 4.13. The van der Waals surface area contributed by atoms with Gasteiger partial charge in [0, 0.05) is 4.47 Å². The van der Waals surface area contributed by atoms with Crippen molar-refractivity contribution in [2.45, 2.75) is 45.3 Å². The van der Waals surface area contributed by atoms with Crippen molar-refractivity contribution in [1.82, 2.24) is 0 Å². The maximum absolute atomic E-state index is 13.8. The highest BCUT2D eigenvalue weighted by molar-refractivity contribution is 9.10. The summed E-state index contributed by atoms with van der Waals surface area (Å²) in [7, 11) is 0. The first kappa shape index (κ1) is 17.9. The number of amides is 1. The molecule has 1 atom stereocenters. The van der Waals surface area contributed by atoms with E-state index in [0.29, 0.717) is 6.42 Å². The Morgan fingerprint density at radius 2 is 1.96 bits per heavy atom. The lowest BCUT2D eigenvalue weighted by atomic mass is 9.91.